The van der Waals surface area contributed by atoms with E-state index in [2.05, 4.69) is 36.3 Å². The molecular formula is C15H20N2OS. The minimum atomic E-state index is 0.127. The van der Waals surface area contributed by atoms with E-state index in [0.717, 1.165) is 10.8 Å². The first-order chi connectivity index (χ1) is 9.06. The molecular weight excluding hydrogens is 256 g/mol. The molecule has 1 atom stereocenters. The number of benzene rings is 1. The van der Waals surface area contributed by atoms with Gasteiger partial charge in [-0.05, 0) is 45.0 Å². The van der Waals surface area contributed by atoms with Gasteiger partial charge in [0.2, 0.25) is 0 Å². The van der Waals surface area contributed by atoms with E-state index in [1.54, 1.807) is 18.4 Å². The standard InChI is InChI=1S/C15H20N2OS/c1-9-6-10(2)14(12(7-9)18-5)15(16-4)13-8-17-11(3)19-13/h6-8,15-16H,1-5H3. The van der Waals surface area contributed by atoms with E-state index >= 15 is 0 Å². The minimum Gasteiger partial charge on any atom is -0.496 e. The predicted octanol–water partition coefficient (Wildman–Crippen LogP) is 3.39. The zero-order valence-corrected chi connectivity index (χ0v) is 12.9. The number of nitrogens with one attached hydrogen (secondary N) is 1. The largest absolute Gasteiger partial charge is 0.496 e. The molecule has 1 unspecified atom stereocenters. The lowest BCUT2D eigenvalue weighted by Gasteiger charge is -2.21. The second kappa shape index (κ2) is 5.72. The molecule has 0 aliphatic rings. The maximum absolute atomic E-state index is 5.56. The molecule has 2 rings (SSSR count). The summed E-state index contributed by atoms with van der Waals surface area (Å²) in [5.41, 5.74) is 3.65. The van der Waals surface area contributed by atoms with Gasteiger partial charge in [-0.15, -0.1) is 11.3 Å². The third kappa shape index (κ3) is 2.80. The summed E-state index contributed by atoms with van der Waals surface area (Å²) in [6.45, 7) is 6.24. The highest BCUT2D eigenvalue weighted by Gasteiger charge is 2.21. The molecule has 2 aromatic rings. The Morgan fingerprint density at radius 1 is 1.26 bits per heavy atom. The van der Waals surface area contributed by atoms with Crippen molar-refractivity contribution in [3.05, 3.63) is 44.9 Å². The first-order valence-corrected chi connectivity index (χ1v) is 7.13. The number of ether oxygens (including phenoxy) is 1. The second-order valence-electron chi connectivity index (χ2n) is 4.70. The van der Waals surface area contributed by atoms with Crippen molar-refractivity contribution in [3.63, 3.8) is 0 Å². The average molecular weight is 276 g/mol. The van der Waals surface area contributed by atoms with E-state index in [0.29, 0.717) is 0 Å². The van der Waals surface area contributed by atoms with Crippen LogP contribution in [0.4, 0.5) is 0 Å². The SMILES string of the molecule is CNC(c1cnc(C)s1)c1c(C)cc(C)cc1OC. The molecule has 1 heterocycles. The lowest BCUT2D eigenvalue weighted by Crippen LogP contribution is -2.18. The van der Waals surface area contributed by atoms with Gasteiger partial charge in [0, 0.05) is 16.6 Å². The van der Waals surface area contributed by atoms with Crippen LogP contribution in [-0.4, -0.2) is 19.1 Å². The van der Waals surface area contributed by atoms with E-state index in [4.69, 9.17) is 4.74 Å². The monoisotopic (exact) mass is 276 g/mol. The van der Waals surface area contributed by atoms with Crippen molar-refractivity contribution >= 4 is 11.3 Å². The molecule has 1 aromatic heterocycles. The van der Waals surface area contributed by atoms with E-state index in [1.807, 2.05) is 20.2 Å². The number of thiazole rings is 1. The van der Waals surface area contributed by atoms with Crippen molar-refractivity contribution in [1.29, 1.82) is 0 Å². The molecule has 0 fully saturated rings. The van der Waals surface area contributed by atoms with Gasteiger partial charge >= 0.3 is 0 Å². The quantitative estimate of drug-likeness (QED) is 0.929. The van der Waals surface area contributed by atoms with Gasteiger partial charge in [0.25, 0.3) is 0 Å². The number of methoxy groups -OCH3 is 1. The van der Waals surface area contributed by atoms with Crippen LogP contribution >= 0.6 is 11.3 Å². The van der Waals surface area contributed by atoms with Gasteiger partial charge < -0.3 is 10.1 Å². The lowest BCUT2D eigenvalue weighted by atomic mass is 9.97. The Bertz CT molecular complexity index is 578. The molecule has 0 radical (unpaired) electrons. The van der Waals surface area contributed by atoms with Gasteiger partial charge in [0.05, 0.1) is 18.2 Å². The Morgan fingerprint density at radius 2 is 2.00 bits per heavy atom. The van der Waals surface area contributed by atoms with Gasteiger partial charge in [-0.2, -0.15) is 0 Å². The molecule has 3 nitrogen and oxygen atoms in total. The van der Waals surface area contributed by atoms with E-state index in [9.17, 15) is 0 Å². The highest BCUT2D eigenvalue weighted by Crippen LogP contribution is 2.35. The highest BCUT2D eigenvalue weighted by molar-refractivity contribution is 7.11. The summed E-state index contributed by atoms with van der Waals surface area (Å²) in [5.74, 6) is 0.933. The van der Waals surface area contributed by atoms with Crippen LogP contribution in [0.15, 0.2) is 18.3 Å². The van der Waals surface area contributed by atoms with Crippen molar-refractivity contribution in [3.8, 4) is 5.75 Å². The van der Waals surface area contributed by atoms with E-state index in [-0.39, 0.29) is 6.04 Å². The van der Waals surface area contributed by atoms with Crippen molar-refractivity contribution < 1.29 is 4.74 Å². The first-order valence-electron chi connectivity index (χ1n) is 6.31. The normalized spacial score (nSPS) is 12.5. The van der Waals surface area contributed by atoms with Crippen molar-refractivity contribution in [2.75, 3.05) is 14.2 Å². The summed E-state index contributed by atoms with van der Waals surface area (Å²) >= 11 is 1.72. The second-order valence-corrected chi connectivity index (χ2v) is 5.97. The summed E-state index contributed by atoms with van der Waals surface area (Å²) < 4.78 is 5.56. The van der Waals surface area contributed by atoms with Crippen LogP contribution in [0.3, 0.4) is 0 Å². The summed E-state index contributed by atoms with van der Waals surface area (Å²) in [5, 5.41) is 4.46. The number of rotatable bonds is 4. The Labute approximate surface area is 118 Å². The third-order valence-corrected chi connectivity index (χ3v) is 4.19. The summed E-state index contributed by atoms with van der Waals surface area (Å²) in [6.07, 6.45) is 1.94. The van der Waals surface area contributed by atoms with E-state index in [1.165, 1.54) is 21.6 Å². The molecule has 0 aliphatic heterocycles. The van der Waals surface area contributed by atoms with Crippen LogP contribution in [0.1, 0.15) is 32.6 Å². The van der Waals surface area contributed by atoms with Gasteiger partial charge in [0.15, 0.2) is 0 Å². The predicted molar refractivity (Wildman–Crippen MR) is 80.2 cm³/mol. The van der Waals surface area contributed by atoms with Crippen molar-refractivity contribution in [2.24, 2.45) is 0 Å². The molecule has 0 saturated carbocycles. The van der Waals surface area contributed by atoms with Gasteiger partial charge in [-0.1, -0.05) is 6.07 Å². The first kappa shape index (κ1) is 14.0. The molecule has 102 valence electrons. The highest BCUT2D eigenvalue weighted by atomic mass is 32.1. The third-order valence-electron chi connectivity index (χ3n) is 3.21. The number of aryl methyl sites for hydroxylation is 3. The smallest absolute Gasteiger partial charge is 0.124 e. The zero-order chi connectivity index (χ0) is 14.0. The number of aromatic nitrogens is 1. The maximum atomic E-state index is 5.56. The maximum Gasteiger partial charge on any atom is 0.124 e. The Hall–Kier alpha value is -1.39. The summed E-state index contributed by atoms with van der Waals surface area (Å²) in [6, 6.07) is 4.40. The molecule has 0 amide bonds. The van der Waals surface area contributed by atoms with Crippen LogP contribution in [0.5, 0.6) is 5.75 Å². The fourth-order valence-electron chi connectivity index (χ4n) is 2.42. The van der Waals surface area contributed by atoms with Crippen LogP contribution in [0.25, 0.3) is 0 Å². The topological polar surface area (TPSA) is 34.2 Å². The fraction of sp³-hybridized carbons (Fsp3) is 0.400. The molecule has 0 saturated heterocycles. The summed E-state index contributed by atoms with van der Waals surface area (Å²) in [7, 11) is 3.70. The Morgan fingerprint density at radius 3 is 2.53 bits per heavy atom. The molecule has 1 N–H and O–H groups in total. The van der Waals surface area contributed by atoms with Gasteiger partial charge in [-0.25, -0.2) is 4.98 Å². The van der Waals surface area contributed by atoms with Crippen molar-refractivity contribution in [2.45, 2.75) is 26.8 Å². The summed E-state index contributed by atoms with van der Waals surface area (Å²) in [4.78, 5) is 5.56. The van der Waals surface area contributed by atoms with Crippen LogP contribution < -0.4 is 10.1 Å². The molecule has 0 spiro atoms. The molecule has 4 heteroatoms. The van der Waals surface area contributed by atoms with Gasteiger partial charge in [-0.3, -0.25) is 0 Å². The van der Waals surface area contributed by atoms with E-state index < -0.39 is 0 Å². The molecule has 0 aliphatic carbocycles. The number of hydrogen-bond donors (Lipinski definition) is 1. The van der Waals surface area contributed by atoms with Crippen molar-refractivity contribution in [1.82, 2.24) is 10.3 Å². The average Bonchev–Trinajstić information content (AvgIpc) is 2.78. The zero-order valence-electron chi connectivity index (χ0n) is 12.1. The molecule has 1 aromatic carbocycles. The minimum absolute atomic E-state index is 0.127. The molecule has 19 heavy (non-hydrogen) atoms. The van der Waals surface area contributed by atoms with Crippen LogP contribution in [-0.2, 0) is 0 Å². The Kier molecular flexibility index (Phi) is 4.22. The molecule has 0 bridgehead atoms. The number of hydrogen-bond acceptors (Lipinski definition) is 4. The van der Waals surface area contributed by atoms with Crippen LogP contribution in [0.2, 0.25) is 0 Å². The van der Waals surface area contributed by atoms with Gasteiger partial charge in [0.1, 0.15) is 5.75 Å². The fourth-order valence-corrected chi connectivity index (χ4v) is 3.32. The van der Waals surface area contributed by atoms with Crippen LogP contribution in [0, 0.1) is 20.8 Å². The number of nitrogens with zero attached hydrogens (tertiary/aromatic N) is 1. The lowest BCUT2D eigenvalue weighted by molar-refractivity contribution is 0.404. The Balaban J connectivity index is 2.55.